The van der Waals surface area contributed by atoms with Gasteiger partial charge in [0.15, 0.2) is 0 Å². The molecule has 1 N–H and O–H groups in total. The Kier molecular flexibility index (Phi) is 4.26. The molecule has 0 amide bonds. The Hall–Kier alpha value is -0.0800. The van der Waals surface area contributed by atoms with E-state index in [4.69, 9.17) is 4.74 Å². The van der Waals surface area contributed by atoms with Gasteiger partial charge in [0.2, 0.25) is 0 Å². The lowest BCUT2D eigenvalue weighted by molar-refractivity contribution is 0.108. The molecule has 0 bridgehead atoms. The van der Waals surface area contributed by atoms with E-state index >= 15 is 0 Å². The van der Waals surface area contributed by atoms with Crippen molar-refractivity contribution in [3.8, 4) is 0 Å². The minimum atomic E-state index is 0.513. The zero-order chi connectivity index (χ0) is 9.64. The molecule has 1 atom stereocenters. The number of hydrogen-bond acceptors (Lipinski definition) is 2. The first-order valence-corrected chi connectivity index (χ1v) is 6.27. The second-order valence-corrected chi connectivity index (χ2v) is 4.80. The largest absolute Gasteiger partial charge is 0.377 e. The van der Waals surface area contributed by atoms with E-state index in [1.165, 1.54) is 51.5 Å². The molecule has 0 spiro atoms. The lowest BCUT2D eigenvalue weighted by Crippen LogP contribution is -2.31. The second kappa shape index (κ2) is 5.72. The van der Waals surface area contributed by atoms with Crippen LogP contribution in [-0.2, 0) is 4.74 Å². The quantitative estimate of drug-likeness (QED) is 0.747. The van der Waals surface area contributed by atoms with E-state index in [2.05, 4.69) is 5.32 Å². The van der Waals surface area contributed by atoms with Crippen LogP contribution in [0.25, 0.3) is 0 Å². The van der Waals surface area contributed by atoms with E-state index in [1.807, 2.05) is 0 Å². The van der Waals surface area contributed by atoms with E-state index in [-0.39, 0.29) is 0 Å². The molecule has 0 radical (unpaired) electrons. The first kappa shape index (κ1) is 10.4. The molecule has 2 nitrogen and oxygen atoms in total. The van der Waals surface area contributed by atoms with Gasteiger partial charge in [0.05, 0.1) is 6.10 Å². The summed E-state index contributed by atoms with van der Waals surface area (Å²) in [5.41, 5.74) is 0. The smallest absolute Gasteiger partial charge is 0.0700 e. The average molecular weight is 197 g/mol. The monoisotopic (exact) mass is 197 g/mol. The van der Waals surface area contributed by atoms with E-state index in [0.29, 0.717) is 6.10 Å². The van der Waals surface area contributed by atoms with Gasteiger partial charge >= 0.3 is 0 Å². The standard InChI is InChI=1S/C12H23NO/c1-2-5-11(6-3-1)9-13-10-12-7-4-8-14-12/h11-13H,1-10H2/t12-/m0/s1. The maximum atomic E-state index is 5.58. The molecule has 1 saturated heterocycles. The van der Waals surface area contributed by atoms with Gasteiger partial charge in [-0.15, -0.1) is 0 Å². The minimum absolute atomic E-state index is 0.513. The zero-order valence-electron chi connectivity index (χ0n) is 9.13. The van der Waals surface area contributed by atoms with Crippen LogP contribution < -0.4 is 5.32 Å². The summed E-state index contributed by atoms with van der Waals surface area (Å²) >= 11 is 0. The molecule has 0 aromatic carbocycles. The molecular weight excluding hydrogens is 174 g/mol. The summed E-state index contributed by atoms with van der Waals surface area (Å²) in [6, 6.07) is 0. The predicted molar refractivity (Wildman–Crippen MR) is 58.4 cm³/mol. The van der Waals surface area contributed by atoms with Gasteiger partial charge in [0, 0.05) is 13.2 Å². The highest BCUT2D eigenvalue weighted by Crippen LogP contribution is 2.22. The molecular formula is C12H23NO. The van der Waals surface area contributed by atoms with E-state index < -0.39 is 0 Å². The topological polar surface area (TPSA) is 21.3 Å². The van der Waals surface area contributed by atoms with Gasteiger partial charge in [-0.25, -0.2) is 0 Å². The van der Waals surface area contributed by atoms with Gasteiger partial charge in [0.1, 0.15) is 0 Å². The van der Waals surface area contributed by atoms with Crippen molar-refractivity contribution in [1.29, 1.82) is 0 Å². The third kappa shape index (κ3) is 3.25. The Bertz CT molecular complexity index is 148. The maximum Gasteiger partial charge on any atom is 0.0700 e. The Morgan fingerprint density at radius 2 is 1.79 bits per heavy atom. The van der Waals surface area contributed by atoms with Gasteiger partial charge in [-0.3, -0.25) is 0 Å². The van der Waals surface area contributed by atoms with Crippen molar-refractivity contribution in [2.24, 2.45) is 5.92 Å². The highest BCUT2D eigenvalue weighted by Gasteiger charge is 2.16. The summed E-state index contributed by atoms with van der Waals surface area (Å²) in [6.45, 7) is 3.28. The molecule has 0 aromatic heterocycles. The molecule has 14 heavy (non-hydrogen) atoms. The third-order valence-electron chi connectivity index (χ3n) is 3.55. The van der Waals surface area contributed by atoms with E-state index in [0.717, 1.165) is 19.1 Å². The first-order valence-electron chi connectivity index (χ1n) is 6.27. The fourth-order valence-corrected chi connectivity index (χ4v) is 2.65. The van der Waals surface area contributed by atoms with Gasteiger partial charge in [-0.1, -0.05) is 19.3 Å². The molecule has 2 rings (SSSR count). The van der Waals surface area contributed by atoms with Crippen molar-refractivity contribution in [2.45, 2.75) is 51.0 Å². The molecule has 2 aliphatic rings. The van der Waals surface area contributed by atoms with Gasteiger partial charge in [0.25, 0.3) is 0 Å². The lowest BCUT2D eigenvalue weighted by atomic mass is 9.89. The summed E-state index contributed by atoms with van der Waals surface area (Å²) in [5, 5.41) is 3.57. The van der Waals surface area contributed by atoms with Crippen LogP contribution in [0, 0.1) is 5.92 Å². The summed E-state index contributed by atoms with van der Waals surface area (Å²) < 4.78 is 5.58. The number of ether oxygens (including phenoxy) is 1. The fourth-order valence-electron chi connectivity index (χ4n) is 2.65. The first-order chi connectivity index (χ1) is 6.95. The third-order valence-corrected chi connectivity index (χ3v) is 3.55. The molecule has 0 unspecified atom stereocenters. The second-order valence-electron chi connectivity index (χ2n) is 4.80. The number of rotatable bonds is 4. The Morgan fingerprint density at radius 3 is 2.50 bits per heavy atom. The van der Waals surface area contributed by atoms with Gasteiger partial charge in [-0.2, -0.15) is 0 Å². The van der Waals surface area contributed by atoms with Crippen LogP contribution in [0.15, 0.2) is 0 Å². The van der Waals surface area contributed by atoms with Crippen LogP contribution in [0.3, 0.4) is 0 Å². The average Bonchev–Trinajstić information content (AvgIpc) is 2.72. The number of hydrogen-bond donors (Lipinski definition) is 1. The predicted octanol–water partition coefficient (Wildman–Crippen LogP) is 2.34. The normalized spacial score (nSPS) is 29.6. The van der Waals surface area contributed by atoms with Crippen LogP contribution >= 0.6 is 0 Å². The molecule has 82 valence electrons. The lowest BCUT2D eigenvalue weighted by Gasteiger charge is -2.22. The summed E-state index contributed by atoms with van der Waals surface area (Å²) in [4.78, 5) is 0. The summed E-state index contributed by atoms with van der Waals surface area (Å²) in [7, 11) is 0. The van der Waals surface area contributed by atoms with Gasteiger partial charge < -0.3 is 10.1 Å². The summed E-state index contributed by atoms with van der Waals surface area (Å²) in [6.07, 6.45) is 10.3. The van der Waals surface area contributed by atoms with Gasteiger partial charge in [-0.05, 0) is 38.1 Å². The van der Waals surface area contributed by atoms with Crippen LogP contribution in [0.5, 0.6) is 0 Å². The molecule has 2 heteroatoms. The van der Waals surface area contributed by atoms with Crippen LogP contribution in [-0.4, -0.2) is 25.8 Å². The van der Waals surface area contributed by atoms with E-state index in [9.17, 15) is 0 Å². The van der Waals surface area contributed by atoms with Crippen LogP contribution in [0.4, 0.5) is 0 Å². The van der Waals surface area contributed by atoms with Crippen molar-refractivity contribution < 1.29 is 4.74 Å². The van der Waals surface area contributed by atoms with Crippen LogP contribution in [0.2, 0.25) is 0 Å². The Morgan fingerprint density at radius 1 is 0.929 bits per heavy atom. The molecule has 1 aliphatic heterocycles. The van der Waals surface area contributed by atoms with Crippen molar-refractivity contribution in [3.63, 3.8) is 0 Å². The minimum Gasteiger partial charge on any atom is -0.377 e. The van der Waals surface area contributed by atoms with E-state index in [1.54, 1.807) is 0 Å². The van der Waals surface area contributed by atoms with Crippen molar-refractivity contribution in [2.75, 3.05) is 19.7 Å². The Labute approximate surface area is 87.4 Å². The zero-order valence-corrected chi connectivity index (χ0v) is 9.13. The molecule has 0 aromatic rings. The van der Waals surface area contributed by atoms with Crippen molar-refractivity contribution >= 4 is 0 Å². The molecule has 1 aliphatic carbocycles. The number of nitrogens with one attached hydrogen (secondary N) is 1. The van der Waals surface area contributed by atoms with Crippen molar-refractivity contribution in [3.05, 3.63) is 0 Å². The molecule has 1 saturated carbocycles. The van der Waals surface area contributed by atoms with Crippen LogP contribution in [0.1, 0.15) is 44.9 Å². The summed E-state index contributed by atoms with van der Waals surface area (Å²) in [5.74, 6) is 0.949. The Balaban J connectivity index is 1.52. The molecule has 2 fully saturated rings. The SMILES string of the molecule is C1CCC(CNC[C@@H]2CCCO2)CC1. The fraction of sp³-hybridized carbons (Fsp3) is 1.00. The highest BCUT2D eigenvalue weighted by molar-refractivity contribution is 4.71. The van der Waals surface area contributed by atoms with Crippen molar-refractivity contribution in [1.82, 2.24) is 5.32 Å². The maximum absolute atomic E-state index is 5.58. The molecule has 1 heterocycles. The highest BCUT2D eigenvalue weighted by atomic mass is 16.5.